The predicted octanol–water partition coefficient (Wildman–Crippen LogP) is 4.76. The van der Waals surface area contributed by atoms with Crippen LogP contribution in [0.25, 0.3) is 0 Å². The summed E-state index contributed by atoms with van der Waals surface area (Å²) in [5, 5.41) is 4.07. The van der Waals surface area contributed by atoms with Gasteiger partial charge in [-0.1, -0.05) is 30.2 Å². The maximum atomic E-state index is 6.20. The zero-order valence-electron chi connectivity index (χ0n) is 13.2. The molecule has 0 aliphatic heterocycles. The Morgan fingerprint density at radius 2 is 1.95 bits per heavy atom. The zero-order chi connectivity index (χ0) is 15.4. The number of allylic oxidation sites excluding steroid dienone is 2. The Labute approximate surface area is 132 Å². The van der Waals surface area contributed by atoms with Gasteiger partial charge in [0, 0.05) is 12.6 Å². The molecule has 0 saturated carbocycles. The van der Waals surface area contributed by atoms with Crippen molar-refractivity contribution in [3.63, 3.8) is 0 Å². The van der Waals surface area contributed by atoms with E-state index < -0.39 is 0 Å². The standard InChI is InChI=1S/C17H24ClNO2/c1-11-5-12(2)7-13(6-11)10-19-15-8-14(18)16(20-3)9-17(15)21-4/h5,8-9,11,13,19H,6-7,10H2,1-4H3. The van der Waals surface area contributed by atoms with E-state index in [2.05, 4.69) is 25.2 Å². The summed E-state index contributed by atoms with van der Waals surface area (Å²) in [6, 6.07) is 3.69. The third kappa shape index (κ3) is 4.07. The normalized spacial score (nSPS) is 21.7. The molecule has 0 amide bonds. The summed E-state index contributed by atoms with van der Waals surface area (Å²) in [7, 11) is 3.26. The van der Waals surface area contributed by atoms with Crippen LogP contribution in [0.4, 0.5) is 5.69 Å². The fourth-order valence-corrected chi connectivity index (χ4v) is 3.34. The van der Waals surface area contributed by atoms with Gasteiger partial charge in [0.1, 0.15) is 11.5 Å². The first kappa shape index (κ1) is 16.0. The summed E-state index contributed by atoms with van der Waals surface area (Å²) in [5.41, 5.74) is 2.41. The Hall–Kier alpha value is -1.35. The molecule has 0 heterocycles. The summed E-state index contributed by atoms with van der Waals surface area (Å²) in [4.78, 5) is 0. The lowest BCUT2D eigenvalue weighted by Crippen LogP contribution is -2.20. The average Bonchev–Trinajstić information content (AvgIpc) is 2.44. The third-order valence-electron chi connectivity index (χ3n) is 3.94. The fraction of sp³-hybridized carbons (Fsp3) is 0.529. The molecular weight excluding hydrogens is 286 g/mol. The van der Waals surface area contributed by atoms with E-state index in [-0.39, 0.29) is 0 Å². The van der Waals surface area contributed by atoms with Crippen LogP contribution in [0, 0.1) is 11.8 Å². The van der Waals surface area contributed by atoms with Gasteiger partial charge in [-0.25, -0.2) is 0 Å². The van der Waals surface area contributed by atoms with Crippen LogP contribution in [0.1, 0.15) is 26.7 Å². The summed E-state index contributed by atoms with van der Waals surface area (Å²) in [5.74, 6) is 2.69. The van der Waals surface area contributed by atoms with Gasteiger partial charge >= 0.3 is 0 Å². The molecule has 0 aromatic heterocycles. The molecule has 0 saturated heterocycles. The highest BCUT2D eigenvalue weighted by Gasteiger charge is 2.18. The maximum Gasteiger partial charge on any atom is 0.145 e. The van der Waals surface area contributed by atoms with E-state index in [4.69, 9.17) is 21.1 Å². The number of hydrogen-bond acceptors (Lipinski definition) is 3. The minimum Gasteiger partial charge on any atom is -0.495 e. The maximum absolute atomic E-state index is 6.20. The van der Waals surface area contributed by atoms with Crippen LogP contribution >= 0.6 is 11.6 Å². The highest BCUT2D eigenvalue weighted by molar-refractivity contribution is 6.32. The van der Waals surface area contributed by atoms with E-state index in [0.29, 0.717) is 22.6 Å². The molecule has 1 aromatic rings. The van der Waals surface area contributed by atoms with Crippen molar-refractivity contribution in [2.45, 2.75) is 26.7 Å². The molecule has 2 atom stereocenters. The van der Waals surface area contributed by atoms with E-state index in [0.717, 1.165) is 24.4 Å². The number of nitrogens with one attached hydrogen (secondary N) is 1. The first-order valence-electron chi connectivity index (χ1n) is 7.36. The number of halogens is 1. The molecule has 0 bridgehead atoms. The first-order valence-corrected chi connectivity index (χ1v) is 7.74. The minimum atomic E-state index is 0.592. The van der Waals surface area contributed by atoms with Crippen LogP contribution in [0.15, 0.2) is 23.8 Å². The Bertz CT molecular complexity index is 528. The monoisotopic (exact) mass is 309 g/mol. The fourth-order valence-electron chi connectivity index (χ4n) is 3.09. The Morgan fingerprint density at radius 3 is 2.57 bits per heavy atom. The Morgan fingerprint density at radius 1 is 1.24 bits per heavy atom. The molecular formula is C17H24ClNO2. The molecule has 4 heteroatoms. The van der Waals surface area contributed by atoms with E-state index in [1.54, 1.807) is 14.2 Å². The second-order valence-corrected chi connectivity index (χ2v) is 6.27. The van der Waals surface area contributed by atoms with Crippen LogP contribution in [-0.4, -0.2) is 20.8 Å². The Kier molecular flexibility index (Phi) is 5.40. The molecule has 0 fully saturated rings. The van der Waals surface area contributed by atoms with Gasteiger partial charge in [-0.3, -0.25) is 0 Å². The number of ether oxygens (including phenoxy) is 2. The quantitative estimate of drug-likeness (QED) is 0.795. The zero-order valence-corrected chi connectivity index (χ0v) is 14.0. The van der Waals surface area contributed by atoms with Gasteiger partial charge in [-0.2, -0.15) is 0 Å². The molecule has 1 N–H and O–H groups in total. The number of hydrogen-bond donors (Lipinski definition) is 1. The van der Waals surface area contributed by atoms with Gasteiger partial charge in [-0.05, 0) is 37.7 Å². The topological polar surface area (TPSA) is 30.5 Å². The van der Waals surface area contributed by atoms with Crippen molar-refractivity contribution in [3.05, 3.63) is 28.8 Å². The van der Waals surface area contributed by atoms with Gasteiger partial charge in [0.25, 0.3) is 0 Å². The second-order valence-electron chi connectivity index (χ2n) is 5.86. The average molecular weight is 310 g/mol. The molecule has 1 aromatic carbocycles. The van der Waals surface area contributed by atoms with Crippen LogP contribution in [0.3, 0.4) is 0 Å². The van der Waals surface area contributed by atoms with Crippen LogP contribution < -0.4 is 14.8 Å². The van der Waals surface area contributed by atoms with E-state index >= 15 is 0 Å². The summed E-state index contributed by atoms with van der Waals surface area (Å²) >= 11 is 6.20. The van der Waals surface area contributed by atoms with E-state index in [1.807, 2.05) is 12.1 Å². The van der Waals surface area contributed by atoms with Crippen LogP contribution in [0.5, 0.6) is 11.5 Å². The van der Waals surface area contributed by atoms with E-state index in [9.17, 15) is 0 Å². The number of rotatable bonds is 5. The number of benzene rings is 1. The van der Waals surface area contributed by atoms with Gasteiger partial charge in [0.15, 0.2) is 0 Å². The Balaban J connectivity index is 2.06. The molecule has 1 aliphatic carbocycles. The lowest BCUT2D eigenvalue weighted by atomic mass is 9.84. The van der Waals surface area contributed by atoms with Gasteiger partial charge in [0.05, 0.1) is 24.9 Å². The van der Waals surface area contributed by atoms with Crippen molar-refractivity contribution in [3.8, 4) is 11.5 Å². The lowest BCUT2D eigenvalue weighted by molar-refractivity contribution is 0.394. The van der Waals surface area contributed by atoms with Crippen molar-refractivity contribution in [2.75, 3.05) is 26.1 Å². The largest absolute Gasteiger partial charge is 0.495 e. The number of anilines is 1. The SMILES string of the molecule is COc1cc(OC)c(NCC2CC(C)=CC(C)C2)cc1Cl. The highest BCUT2D eigenvalue weighted by atomic mass is 35.5. The molecule has 3 nitrogen and oxygen atoms in total. The summed E-state index contributed by atoms with van der Waals surface area (Å²) < 4.78 is 10.6. The summed E-state index contributed by atoms with van der Waals surface area (Å²) in [6.45, 7) is 5.42. The third-order valence-corrected chi connectivity index (χ3v) is 4.24. The van der Waals surface area contributed by atoms with Crippen molar-refractivity contribution < 1.29 is 9.47 Å². The molecule has 21 heavy (non-hydrogen) atoms. The summed E-state index contributed by atoms with van der Waals surface area (Å²) in [6.07, 6.45) is 4.75. The van der Waals surface area contributed by atoms with Gasteiger partial charge < -0.3 is 14.8 Å². The lowest BCUT2D eigenvalue weighted by Gasteiger charge is -2.26. The minimum absolute atomic E-state index is 0.592. The molecule has 0 spiro atoms. The molecule has 2 rings (SSSR count). The second kappa shape index (κ2) is 7.08. The molecule has 0 radical (unpaired) electrons. The van der Waals surface area contributed by atoms with Crippen molar-refractivity contribution in [1.29, 1.82) is 0 Å². The van der Waals surface area contributed by atoms with Crippen LogP contribution in [-0.2, 0) is 0 Å². The smallest absolute Gasteiger partial charge is 0.145 e. The van der Waals surface area contributed by atoms with Crippen molar-refractivity contribution in [1.82, 2.24) is 0 Å². The predicted molar refractivity (Wildman–Crippen MR) is 88.7 cm³/mol. The van der Waals surface area contributed by atoms with Gasteiger partial charge in [0.2, 0.25) is 0 Å². The van der Waals surface area contributed by atoms with Crippen molar-refractivity contribution >= 4 is 17.3 Å². The number of methoxy groups -OCH3 is 2. The highest BCUT2D eigenvalue weighted by Crippen LogP contribution is 2.36. The molecule has 1 aliphatic rings. The van der Waals surface area contributed by atoms with E-state index in [1.165, 1.54) is 12.0 Å². The van der Waals surface area contributed by atoms with Crippen LogP contribution in [0.2, 0.25) is 5.02 Å². The molecule has 116 valence electrons. The van der Waals surface area contributed by atoms with Gasteiger partial charge in [-0.15, -0.1) is 0 Å². The first-order chi connectivity index (χ1) is 10.0. The molecule has 2 unspecified atom stereocenters. The van der Waals surface area contributed by atoms with Crippen molar-refractivity contribution in [2.24, 2.45) is 11.8 Å².